The van der Waals surface area contributed by atoms with Crippen molar-refractivity contribution in [1.29, 1.82) is 0 Å². The van der Waals surface area contributed by atoms with Gasteiger partial charge in [-0.1, -0.05) is 11.8 Å². The molecule has 4 atom stereocenters. The number of benzene rings is 1. The fourth-order valence-electron chi connectivity index (χ4n) is 3.04. The number of amides is 1. The van der Waals surface area contributed by atoms with E-state index in [9.17, 15) is 9.59 Å². The van der Waals surface area contributed by atoms with Crippen molar-refractivity contribution in [2.75, 3.05) is 33.5 Å². The van der Waals surface area contributed by atoms with Crippen molar-refractivity contribution >= 4 is 11.9 Å². The summed E-state index contributed by atoms with van der Waals surface area (Å²) in [7, 11) is 1.29. The number of aliphatic hydroxyl groups is 1. The molecule has 1 aromatic rings. The largest absolute Gasteiger partial charge is 0.467 e. The quantitative estimate of drug-likeness (QED) is 0.476. The van der Waals surface area contributed by atoms with Gasteiger partial charge in [0.05, 0.1) is 26.4 Å². The number of hydrogen-bond acceptors (Lipinski definition) is 6. The molecule has 0 radical (unpaired) electrons. The van der Waals surface area contributed by atoms with Crippen LogP contribution in [0.3, 0.4) is 0 Å². The fourth-order valence-corrected chi connectivity index (χ4v) is 3.04. The van der Waals surface area contributed by atoms with Gasteiger partial charge in [0.15, 0.2) is 0 Å². The third kappa shape index (κ3) is 5.82. The van der Waals surface area contributed by atoms with Crippen molar-refractivity contribution in [1.82, 2.24) is 10.6 Å². The van der Waals surface area contributed by atoms with Crippen LogP contribution in [0.1, 0.15) is 22.3 Å². The van der Waals surface area contributed by atoms with Gasteiger partial charge in [0.1, 0.15) is 6.04 Å². The number of morpholine rings is 1. The van der Waals surface area contributed by atoms with E-state index in [0.717, 1.165) is 12.0 Å². The number of esters is 1. The molecule has 3 rings (SSSR count). The molecule has 2 fully saturated rings. The van der Waals surface area contributed by atoms with Crippen molar-refractivity contribution in [3.63, 3.8) is 0 Å². The third-order valence-corrected chi connectivity index (χ3v) is 4.93. The maximum Gasteiger partial charge on any atom is 0.330 e. The summed E-state index contributed by atoms with van der Waals surface area (Å²) in [5.74, 6) is 11.2. The standard InChI is InChI=1S/C22H24N2O5/c1-28-22(27)20(19-14-29-11-10-23-19)24-21(26)16-8-6-15(7-9-16)4-2-3-5-17-12-18(17)13-25/h6-9,17-20,23,25H,10-14H2,1H3,(H,24,26)/t17?,18?,19-,20+/m1/s1. The van der Waals surface area contributed by atoms with Crippen LogP contribution in [0.2, 0.25) is 0 Å². The molecule has 1 saturated carbocycles. The zero-order valence-corrected chi connectivity index (χ0v) is 16.2. The van der Waals surface area contributed by atoms with E-state index in [0.29, 0.717) is 31.2 Å². The minimum Gasteiger partial charge on any atom is -0.467 e. The highest BCUT2D eigenvalue weighted by Gasteiger charge is 2.34. The number of methoxy groups -OCH3 is 1. The second kappa shape index (κ2) is 10.1. The number of carbonyl (C=O) groups excluding carboxylic acids is 2. The zero-order chi connectivity index (χ0) is 20.6. The van der Waals surface area contributed by atoms with E-state index in [2.05, 4.69) is 34.3 Å². The lowest BCUT2D eigenvalue weighted by Gasteiger charge is -2.30. The van der Waals surface area contributed by atoms with Gasteiger partial charge >= 0.3 is 5.97 Å². The predicted molar refractivity (Wildman–Crippen MR) is 106 cm³/mol. The second-order valence-electron chi connectivity index (χ2n) is 6.99. The Hall–Kier alpha value is -2.84. The third-order valence-electron chi connectivity index (χ3n) is 4.93. The van der Waals surface area contributed by atoms with Crippen LogP contribution in [-0.2, 0) is 14.3 Å². The highest BCUT2D eigenvalue weighted by Crippen LogP contribution is 2.36. The van der Waals surface area contributed by atoms with Crippen LogP contribution in [0.15, 0.2) is 24.3 Å². The second-order valence-corrected chi connectivity index (χ2v) is 6.99. The van der Waals surface area contributed by atoms with Gasteiger partial charge in [0.25, 0.3) is 5.91 Å². The zero-order valence-electron chi connectivity index (χ0n) is 16.2. The van der Waals surface area contributed by atoms with Crippen LogP contribution >= 0.6 is 0 Å². The summed E-state index contributed by atoms with van der Waals surface area (Å²) in [5.41, 5.74) is 1.15. The van der Waals surface area contributed by atoms with E-state index in [1.165, 1.54) is 7.11 Å². The van der Waals surface area contributed by atoms with Gasteiger partial charge in [-0.05, 0) is 48.4 Å². The lowest BCUT2D eigenvalue weighted by molar-refractivity contribution is -0.144. The molecule has 1 amide bonds. The summed E-state index contributed by atoms with van der Waals surface area (Å²) in [6.07, 6.45) is 0.935. The Morgan fingerprint density at radius 1 is 1.34 bits per heavy atom. The summed E-state index contributed by atoms with van der Waals surface area (Å²) >= 11 is 0. The Morgan fingerprint density at radius 2 is 2.14 bits per heavy atom. The smallest absolute Gasteiger partial charge is 0.330 e. The first-order valence-corrected chi connectivity index (χ1v) is 9.54. The molecule has 152 valence electrons. The molecule has 1 aromatic carbocycles. The van der Waals surface area contributed by atoms with Gasteiger partial charge in [-0.15, -0.1) is 0 Å². The number of hydrogen-bond donors (Lipinski definition) is 3. The molecule has 0 spiro atoms. The van der Waals surface area contributed by atoms with Crippen molar-refractivity contribution in [2.45, 2.75) is 18.5 Å². The summed E-state index contributed by atoms with van der Waals surface area (Å²) in [6, 6.07) is 5.57. The Bertz CT molecular complexity index is 853. The monoisotopic (exact) mass is 396 g/mol. The molecule has 1 saturated heterocycles. The van der Waals surface area contributed by atoms with Gasteiger partial charge in [-0.2, -0.15) is 0 Å². The van der Waals surface area contributed by atoms with Crippen molar-refractivity contribution in [3.8, 4) is 23.7 Å². The number of ether oxygens (including phenoxy) is 2. The van der Waals surface area contributed by atoms with E-state index in [-0.39, 0.29) is 24.5 Å². The molecule has 3 N–H and O–H groups in total. The van der Waals surface area contributed by atoms with Crippen LogP contribution < -0.4 is 10.6 Å². The Morgan fingerprint density at radius 3 is 2.76 bits per heavy atom. The summed E-state index contributed by atoms with van der Waals surface area (Å²) in [4.78, 5) is 24.7. The van der Waals surface area contributed by atoms with Crippen LogP contribution in [0, 0.1) is 35.5 Å². The van der Waals surface area contributed by atoms with E-state index < -0.39 is 12.0 Å². The van der Waals surface area contributed by atoms with Crippen molar-refractivity contribution < 1.29 is 24.2 Å². The van der Waals surface area contributed by atoms with Crippen LogP contribution in [0.25, 0.3) is 0 Å². The Labute approximate surface area is 170 Å². The topological polar surface area (TPSA) is 96.9 Å². The molecular formula is C22H24N2O5. The summed E-state index contributed by atoms with van der Waals surface area (Å²) in [5, 5.41) is 14.9. The van der Waals surface area contributed by atoms with Crippen LogP contribution in [0.4, 0.5) is 0 Å². The summed E-state index contributed by atoms with van der Waals surface area (Å²) in [6.45, 7) is 1.66. The Balaban J connectivity index is 1.59. The first-order chi connectivity index (χ1) is 14.1. The number of rotatable bonds is 5. The molecule has 0 aromatic heterocycles. The van der Waals surface area contributed by atoms with Crippen LogP contribution in [-0.4, -0.2) is 62.5 Å². The average Bonchev–Trinajstić information content (AvgIpc) is 3.54. The molecule has 1 heterocycles. The molecule has 0 bridgehead atoms. The van der Waals surface area contributed by atoms with E-state index in [4.69, 9.17) is 14.6 Å². The molecule has 1 aliphatic carbocycles. The van der Waals surface area contributed by atoms with Gasteiger partial charge in [-0.25, -0.2) is 4.79 Å². The minimum absolute atomic E-state index is 0.178. The lowest BCUT2D eigenvalue weighted by Crippen LogP contribution is -2.59. The van der Waals surface area contributed by atoms with Crippen LogP contribution in [0.5, 0.6) is 0 Å². The molecule has 7 heteroatoms. The number of carbonyl (C=O) groups is 2. The van der Waals surface area contributed by atoms with E-state index >= 15 is 0 Å². The lowest BCUT2D eigenvalue weighted by atomic mass is 10.1. The molecule has 2 aliphatic rings. The highest BCUT2D eigenvalue weighted by atomic mass is 16.5. The number of nitrogens with one attached hydrogen (secondary N) is 2. The number of aliphatic hydroxyl groups excluding tert-OH is 1. The summed E-state index contributed by atoms with van der Waals surface area (Å²) < 4.78 is 10.2. The van der Waals surface area contributed by atoms with Gasteiger partial charge < -0.3 is 25.2 Å². The van der Waals surface area contributed by atoms with Crippen molar-refractivity contribution in [3.05, 3.63) is 35.4 Å². The van der Waals surface area contributed by atoms with Gasteiger partial charge in [-0.3, -0.25) is 4.79 Å². The molecule has 7 nitrogen and oxygen atoms in total. The highest BCUT2D eigenvalue weighted by molar-refractivity contribution is 5.97. The van der Waals surface area contributed by atoms with Gasteiger partial charge in [0, 0.05) is 30.2 Å². The molecule has 2 unspecified atom stereocenters. The first-order valence-electron chi connectivity index (χ1n) is 9.54. The normalized spacial score (nSPS) is 23.4. The maximum atomic E-state index is 12.6. The maximum absolute atomic E-state index is 12.6. The van der Waals surface area contributed by atoms with Crippen molar-refractivity contribution in [2.24, 2.45) is 11.8 Å². The molecule has 29 heavy (non-hydrogen) atoms. The average molecular weight is 396 g/mol. The predicted octanol–water partition coefficient (Wildman–Crippen LogP) is -0.0703. The molecular weight excluding hydrogens is 372 g/mol. The fraction of sp³-hybridized carbons (Fsp3) is 0.455. The van der Waals surface area contributed by atoms with Gasteiger partial charge in [0.2, 0.25) is 0 Å². The minimum atomic E-state index is -0.840. The molecule has 1 aliphatic heterocycles. The van der Waals surface area contributed by atoms with E-state index in [1.54, 1.807) is 24.3 Å². The Kier molecular flexibility index (Phi) is 7.26. The first kappa shape index (κ1) is 20.9. The van der Waals surface area contributed by atoms with E-state index in [1.807, 2.05) is 0 Å². The SMILES string of the molecule is COC(=O)[C@@H](NC(=O)c1ccc(C#CC#CC2CC2CO)cc1)[C@H]1COCCN1.